The minimum absolute atomic E-state index is 0.0139. The van der Waals surface area contributed by atoms with Crippen LogP contribution in [0.3, 0.4) is 0 Å². The Bertz CT molecular complexity index is 340. The quantitative estimate of drug-likeness (QED) is 0.839. The van der Waals surface area contributed by atoms with Crippen molar-refractivity contribution >= 4 is 0 Å². The highest BCUT2D eigenvalue weighted by Gasteiger charge is 2.20. The number of aliphatic hydroxyl groups excluding tert-OH is 1. The van der Waals surface area contributed by atoms with Gasteiger partial charge in [0.05, 0.1) is 6.10 Å². The van der Waals surface area contributed by atoms with Crippen LogP contribution in [0.1, 0.15) is 26.3 Å². The predicted molar refractivity (Wildman–Crippen MR) is 60.1 cm³/mol. The van der Waals surface area contributed by atoms with E-state index in [0.29, 0.717) is 12.0 Å². The van der Waals surface area contributed by atoms with Gasteiger partial charge in [0, 0.05) is 6.07 Å². The molecule has 1 aromatic carbocycles. The van der Waals surface area contributed by atoms with Crippen LogP contribution < -0.4 is 0 Å². The van der Waals surface area contributed by atoms with Crippen molar-refractivity contribution in [2.45, 2.75) is 33.3 Å². The molecule has 0 aliphatic rings. The summed E-state index contributed by atoms with van der Waals surface area (Å²) in [5.41, 5.74) is 0.459. The molecule has 90 valence electrons. The molecule has 1 nitrogen and oxygen atoms in total. The number of rotatable bonds is 4. The van der Waals surface area contributed by atoms with E-state index in [9.17, 15) is 13.9 Å². The molecule has 1 N–H and O–H groups in total. The Morgan fingerprint density at radius 1 is 1.19 bits per heavy atom. The van der Waals surface area contributed by atoms with E-state index < -0.39 is 17.7 Å². The summed E-state index contributed by atoms with van der Waals surface area (Å²) in [6, 6.07) is 3.58. The number of benzene rings is 1. The first-order valence-corrected chi connectivity index (χ1v) is 5.53. The number of halogens is 2. The van der Waals surface area contributed by atoms with E-state index in [2.05, 4.69) is 0 Å². The summed E-state index contributed by atoms with van der Waals surface area (Å²) in [4.78, 5) is 0. The maximum atomic E-state index is 13.4. The zero-order valence-electron chi connectivity index (χ0n) is 9.87. The van der Waals surface area contributed by atoms with E-state index in [0.717, 1.165) is 6.07 Å². The molecule has 0 amide bonds. The molecule has 0 spiro atoms. The lowest BCUT2D eigenvalue weighted by Gasteiger charge is -2.24. The maximum Gasteiger partial charge on any atom is 0.129 e. The van der Waals surface area contributed by atoms with Gasteiger partial charge in [0.1, 0.15) is 11.6 Å². The van der Waals surface area contributed by atoms with Gasteiger partial charge in [-0.05, 0) is 36.8 Å². The Morgan fingerprint density at radius 3 is 2.25 bits per heavy atom. The van der Waals surface area contributed by atoms with Crippen LogP contribution >= 0.6 is 0 Å². The van der Waals surface area contributed by atoms with Gasteiger partial charge in [0.2, 0.25) is 0 Å². The van der Waals surface area contributed by atoms with Gasteiger partial charge in [-0.15, -0.1) is 0 Å². The molecule has 0 bridgehead atoms. The van der Waals surface area contributed by atoms with Crippen LogP contribution in [0.2, 0.25) is 0 Å². The maximum absolute atomic E-state index is 13.4. The lowest BCUT2D eigenvalue weighted by Crippen LogP contribution is -2.24. The van der Waals surface area contributed by atoms with E-state index >= 15 is 0 Å². The van der Waals surface area contributed by atoms with Gasteiger partial charge < -0.3 is 5.11 Å². The molecule has 2 atom stereocenters. The van der Waals surface area contributed by atoms with Crippen molar-refractivity contribution in [2.75, 3.05) is 0 Å². The molecule has 0 aliphatic heterocycles. The Balaban J connectivity index is 2.85. The Labute approximate surface area is 95.1 Å². The smallest absolute Gasteiger partial charge is 0.129 e. The van der Waals surface area contributed by atoms with Gasteiger partial charge in [0.25, 0.3) is 0 Å². The second-order valence-electron chi connectivity index (χ2n) is 4.59. The second kappa shape index (κ2) is 5.39. The highest BCUT2D eigenvalue weighted by atomic mass is 19.1. The van der Waals surface area contributed by atoms with Crippen LogP contribution in [0.4, 0.5) is 8.78 Å². The van der Waals surface area contributed by atoms with Gasteiger partial charge in [0.15, 0.2) is 0 Å². The lowest BCUT2D eigenvalue weighted by molar-refractivity contribution is 0.0971. The monoisotopic (exact) mass is 228 g/mol. The fraction of sp³-hybridized carbons (Fsp3) is 0.538. The molecular formula is C13H18F2O. The molecule has 0 radical (unpaired) electrons. The van der Waals surface area contributed by atoms with Crippen LogP contribution in [0, 0.1) is 23.5 Å². The molecule has 1 rings (SSSR count). The molecule has 1 aromatic rings. The molecule has 0 heterocycles. The highest BCUT2D eigenvalue weighted by Crippen LogP contribution is 2.22. The fourth-order valence-electron chi connectivity index (χ4n) is 1.90. The number of aliphatic hydroxyl groups is 1. The average Bonchev–Trinajstić information content (AvgIpc) is 2.15. The van der Waals surface area contributed by atoms with Crippen molar-refractivity contribution in [3.63, 3.8) is 0 Å². The molecule has 0 aliphatic carbocycles. The number of hydrogen-bond acceptors (Lipinski definition) is 1. The van der Waals surface area contributed by atoms with Gasteiger partial charge in [-0.3, -0.25) is 0 Å². The van der Waals surface area contributed by atoms with Crippen LogP contribution in [0.5, 0.6) is 0 Å². The minimum atomic E-state index is -0.570. The first-order chi connectivity index (χ1) is 7.41. The Morgan fingerprint density at radius 2 is 1.81 bits per heavy atom. The van der Waals surface area contributed by atoms with Gasteiger partial charge >= 0.3 is 0 Å². The standard InChI is InChI=1S/C13H18F2O/c1-8(2)12(9(3)16)6-10-4-5-11(14)7-13(10)15/h4-5,7-9,12,16H,6H2,1-3H3. The van der Waals surface area contributed by atoms with Crippen LogP contribution in [0.25, 0.3) is 0 Å². The minimum Gasteiger partial charge on any atom is -0.393 e. The highest BCUT2D eigenvalue weighted by molar-refractivity contribution is 5.19. The third-order valence-corrected chi connectivity index (χ3v) is 2.95. The fourth-order valence-corrected chi connectivity index (χ4v) is 1.90. The predicted octanol–water partition coefficient (Wildman–Crippen LogP) is 3.16. The normalized spacial score (nSPS) is 15.2. The third kappa shape index (κ3) is 3.27. The molecule has 16 heavy (non-hydrogen) atoms. The SMILES string of the molecule is CC(C)C(Cc1ccc(F)cc1F)C(C)O. The van der Waals surface area contributed by atoms with Gasteiger partial charge in [-0.25, -0.2) is 8.78 Å². The summed E-state index contributed by atoms with van der Waals surface area (Å²) in [6.45, 7) is 5.67. The van der Waals surface area contributed by atoms with Crippen molar-refractivity contribution < 1.29 is 13.9 Å². The van der Waals surface area contributed by atoms with Crippen molar-refractivity contribution in [3.8, 4) is 0 Å². The zero-order chi connectivity index (χ0) is 12.3. The van der Waals surface area contributed by atoms with E-state index in [1.807, 2.05) is 13.8 Å². The number of hydrogen-bond donors (Lipinski definition) is 1. The second-order valence-corrected chi connectivity index (χ2v) is 4.59. The topological polar surface area (TPSA) is 20.2 Å². The van der Waals surface area contributed by atoms with E-state index in [4.69, 9.17) is 0 Å². The lowest BCUT2D eigenvalue weighted by atomic mass is 9.85. The Hall–Kier alpha value is -0.960. The van der Waals surface area contributed by atoms with Crippen LogP contribution in [-0.4, -0.2) is 11.2 Å². The summed E-state index contributed by atoms with van der Waals surface area (Å²) >= 11 is 0. The Kier molecular flexibility index (Phi) is 4.42. The zero-order valence-corrected chi connectivity index (χ0v) is 9.87. The van der Waals surface area contributed by atoms with Crippen LogP contribution in [0.15, 0.2) is 18.2 Å². The molecule has 3 heteroatoms. The molecule has 0 saturated carbocycles. The summed E-state index contributed by atoms with van der Waals surface area (Å²) in [6.07, 6.45) is -0.0639. The summed E-state index contributed by atoms with van der Waals surface area (Å²) in [5.74, 6) is -0.866. The average molecular weight is 228 g/mol. The van der Waals surface area contributed by atoms with Crippen molar-refractivity contribution in [1.29, 1.82) is 0 Å². The van der Waals surface area contributed by atoms with E-state index in [1.54, 1.807) is 6.92 Å². The van der Waals surface area contributed by atoms with E-state index in [-0.39, 0.29) is 11.8 Å². The summed E-state index contributed by atoms with van der Waals surface area (Å²) in [5, 5.41) is 9.59. The summed E-state index contributed by atoms with van der Waals surface area (Å²) < 4.78 is 26.1. The molecule has 0 saturated heterocycles. The first kappa shape index (κ1) is 13.1. The molecule has 0 aromatic heterocycles. The van der Waals surface area contributed by atoms with Crippen LogP contribution in [-0.2, 0) is 6.42 Å². The molecule has 0 fully saturated rings. The van der Waals surface area contributed by atoms with E-state index in [1.165, 1.54) is 12.1 Å². The van der Waals surface area contributed by atoms with Crippen molar-refractivity contribution in [2.24, 2.45) is 11.8 Å². The third-order valence-electron chi connectivity index (χ3n) is 2.95. The molecular weight excluding hydrogens is 210 g/mol. The van der Waals surface area contributed by atoms with Crippen molar-refractivity contribution in [3.05, 3.63) is 35.4 Å². The van der Waals surface area contributed by atoms with Gasteiger partial charge in [-0.1, -0.05) is 19.9 Å². The van der Waals surface area contributed by atoms with Gasteiger partial charge in [-0.2, -0.15) is 0 Å². The summed E-state index contributed by atoms with van der Waals surface area (Å²) in [7, 11) is 0. The molecule has 2 unspecified atom stereocenters. The largest absolute Gasteiger partial charge is 0.393 e. The van der Waals surface area contributed by atoms with Crippen molar-refractivity contribution in [1.82, 2.24) is 0 Å². The first-order valence-electron chi connectivity index (χ1n) is 5.53.